The van der Waals surface area contributed by atoms with E-state index in [9.17, 15) is 5.11 Å². The van der Waals surface area contributed by atoms with Crippen molar-refractivity contribution in [1.29, 1.82) is 0 Å². The molecule has 1 aliphatic rings. The van der Waals surface area contributed by atoms with Crippen LogP contribution in [-0.4, -0.2) is 61.0 Å². The Morgan fingerprint density at radius 1 is 1.35 bits per heavy atom. The Labute approximate surface area is 105 Å². The van der Waals surface area contributed by atoms with Crippen molar-refractivity contribution in [3.8, 4) is 0 Å². The van der Waals surface area contributed by atoms with E-state index in [0.717, 1.165) is 26.2 Å². The minimum atomic E-state index is -0.290. The van der Waals surface area contributed by atoms with Gasteiger partial charge in [-0.2, -0.15) is 0 Å². The van der Waals surface area contributed by atoms with Gasteiger partial charge in [-0.1, -0.05) is 13.8 Å². The molecule has 0 bridgehead atoms. The van der Waals surface area contributed by atoms with E-state index in [-0.39, 0.29) is 12.2 Å². The third kappa shape index (κ3) is 5.82. The molecular formula is C13H28N2O2. The number of ether oxygens (including phenoxy) is 1. The third-order valence-electron chi connectivity index (χ3n) is 3.11. The van der Waals surface area contributed by atoms with Crippen molar-refractivity contribution < 1.29 is 9.84 Å². The van der Waals surface area contributed by atoms with E-state index >= 15 is 0 Å². The first-order valence-corrected chi connectivity index (χ1v) is 6.73. The molecule has 4 nitrogen and oxygen atoms in total. The maximum absolute atomic E-state index is 9.97. The van der Waals surface area contributed by atoms with Crippen molar-refractivity contribution >= 4 is 0 Å². The number of nitrogens with zero attached hydrogens (tertiary/aromatic N) is 1. The molecule has 0 aliphatic carbocycles. The molecule has 0 saturated carbocycles. The number of aliphatic hydroxyl groups excluding tert-OH is 1. The lowest BCUT2D eigenvalue weighted by molar-refractivity contribution is -0.0613. The lowest BCUT2D eigenvalue weighted by atomic mass is 10.1. The molecule has 4 heteroatoms. The third-order valence-corrected chi connectivity index (χ3v) is 3.11. The molecule has 0 spiro atoms. The second-order valence-electron chi connectivity index (χ2n) is 5.65. The van der Waals surface area contributed by atoms with Crippen LogP contribution >= 0.6 is 0 Å². The molecule has 0 amide bonds. The summed E-state index contributed by atoms with van der Waals surface area (Å²) in [6, 6.07) is 0.408. The van der Waals surface area contributed by atoms with Crippen molar-refractivity contribution in [2.75, 3.05) is 32.8 Å². The lowest BCUT2D eigenvalue weighted by Crippen LogP contribution is -2.51. The van der Waals surface area contributed by atoms with Crippen LogP contribution in [0, 0.1) is 5.92 Å². The molecule has 3 unspecified atom stereocenters. The highest BCUT2D eigenvalue weighted by molar-refractivity contribution is 4.78. The number of rotatable bonds is 6. The van der Waals surface area contributed by atoms with Crippen LogP contribution in [0.1, 0.15) is 27.7 Å². The number of aliphatic hydroxyl groups is 1. The monoisotopic (exact) mass is 244 g/mol. The molecule has 0 aromatic heterocycles. The van der Waals surface area contributed by atoms with Crippen LogP contribution in [0.15, 0.2) is 0 Å². The summed E-state index contributed by atoms with van der Waals surface area (Å²) in [4.78, 5) is 2.32. The highest BCUT2D eigenvalue weighted by Gasteiger charge is 2.24. The minimum Gasteiger partial charge on any atom is -0.390 e. The normalized spacial score (nSPS) is 28.6. The molecule has 1 heterocycles. The van der Waals surface area contributed by atoms with E-state index in [1.807, 2.05) is 0 Å². The molecule has 102 valence electrons. The predicted molar refractivity (Wildman–Crippen MR) is 70.2 cm³/mol. The lowest BCUT2D eigenvalue weighted by Gasteiger charge is -2.37. The maximum Gasteiger partial charge on any atom is 0.0791 e. The molecule has 1 aliphatic heterocycles. The van der Waals surface area contributed by atoms with Crippen LogP contribution in [-0.2, 0) is 4.74 Å². The predicted octanol–water partition coefficient (Wildman–Crippen LogP) is 0.702. The minimum absolute atomic E-state index is 0.280. The van der Waals surface area contributed by atoms with Gasteiger partial charge in [0.25, 0.3) is 0 Å². The first-order valence-electron chi connectivity index (χ1n) is 6.73. The van der Waals surface area contributed by atoms with Gasteiger partial charge in [-0.05, 0) is 26.3 Å². The summed E-state index contributed by atoms with van der Waals surface area (Å²) < 4.78 is 5.58. The largest absolute Gasteiger partial charge is 0.390 e. The molecule has 2 N–H and O–H groups in total. The fraction of sp³-hybridized carbons (Fsp3) is 1.00. The van der Waals surface area contributed by atoms with Gasteiger partial charge in [-0.25, -0.2) is 0 Å². The molecule has 3 atom stereocenters. The maximum atomic E-state index is 9.97. The summed E-state index contributed by atoms with van der Waals surface area (Å²) in [6.07, 6.45) is -0.0106. The zero-order chi connectivity index (χ0) is 12.8. The van der Waals surface area contributed by atoms with Gasteiger partial charge in [0.2, 0.25) is 0 Å². The Hall–Kier alpha value is -0.160. The number of nitrogens with one attached hydrogen (secondary N) is 1. The Morgan fingerprint density at radius 2 is 2.06 bits per heavy atom. The second kappa shape index (κ2) is 7.31. The summed E-state index contributed by atoms with van der Waals surface area (Å²) in [6.45, 7) is 12.6. The molecular weight excluding hydrogens is 216 g/mol. The summed E-state index contributed by atoms with van der Waals surface area (Å²) >= 11 is 0. The van der Waals surface area contributed by atoms with Crippen molar-refractivity contribution in [3.05, 3.63) is 0 Å². The average Bonchev–Trinajstić information content (AvgIpc) is 2.23. The summed E-state index contributed by atoms with van der Waals surface area (Å²) in [5, 5.41) is 13.3. The Kier molecular flexibility index (Phi) is 6.41. The van der Waals surface area contributed by atoms with Crippen LogP contribution in [0.2, 0.25) is 0 Å². The van der Waals surface area contributed by atoms with Crippen molar-refractivity contribution in [1.82, 2.24) is 10.2 Å². The molecule has 0 aromatic rings. The van der Waals surface area contributed by atoms with Crippen LogP contribution in [0.4, 0.5) is 0 Å². The highest BCUT2D eigenvalue weighted by atomic mass is 16.5. The summed E-state index contributed by atoms with van der Waals surface area (Å²) in [5.41, 5.74) is 0. The van der Waals surface area contributed by atoms with Crippen LogP contribution in [0.3, 0.4) is 0 Å². The van der Waals surface area contributed by atoms with Gasteiger partial charge in [0, 0.05) is 25.7 Å². The topological polar surface area (TPSA) is 44.7 Å². The van der Waals surface area contributed by atoms with Gasteiger partial charge in [-0.15, -0.1) is 0 Å². The van der Waals surface area contributed by atoms with Gasteiger partial charge in [0.05, 0.1) is 18.8 Å². The van der Waals surface area contributed by atoms with E-state index in [1.165, 1.54) is 0 Å². The summed E-state index contributed by atoms with van der Waals surface area (Å²) in [5.74, 6) is 0.629. The average molecular weight is 244 g/mol. The SMILES string of the molecule is CC(C)CNCC(O)CN1CC(C)OCC1C. The Balaban J connectivity index is 2.22. The van der Waals surface area contributed by atoms with Gasteiger partial charge in [0.15, 0.2) is 0 Å². The highest BCUT2D eigenvalue weighted by Crippen LogP contribution is 2.11. The van der Waals surface area contributed by atoms with Crippen molar-refractivity contribution in [2.24, 2.45) is 5.92 Å². The molecule has 0 radical (unpaired) electrons. The number of hydrogen-bond acceptors (Lipinski definition) is 4. The van der Waals surface area contributed by atoms with Crippen molar-refractivity contribution in [2.45, 2.75) is 45.9 Å². The first-order chi connectivity index (χ1) is 7.99. The Morgan fingerprint density at radius 3 is 2.71 bits per heavy atom. The smallest absolute Gasteiger partial charge is 0.0791 e. The molecule has 17 heavy (non-hydrogen) atoms. The van der Waals surface area contributed by atoms with E-state index in [4.69, 9.17) is 4.74 Å². The zero-order valence-corrected chi connectivity index (χ0v) is 11.6. The molecule has 1 fully saturated rings. The first kappa shape index (κ1) is 14.9. The fourth-order valence-corrected chi connectivity index (χ4v) is 2.10. The molecule has 0 aromatic carbocycles. The second-order valence-corrected chi connectivity index (χ2v) is 5.65. The zero-order valence-electron chi connectivity index (χ0n) is 11.6. The van der Waals surface area contributed by atoms with Crippen LogP contribution in [0.5, 0.6) is 0 Å². The number of morpholine rings is 1. The van der Waals surface area contributed by atoms with Crippen molar-refractivity contribution in [3.63, 3.8) is 0 Å². The molecule has 1 rings (SSSR count). The Bertz CT molecular complexity index is 212. The molecule has 1 saturated heterocycles. The fourth-order valence-electron chi connectivity index (χ4n) is 2.10. The van der Waals surface area contributed by atoms with Crippen LogP contribution in [0.25, 0.3) is 0 Å². The van der Waals surface area contributed by atoms with Gasteiger partial charge < -0.3 is 15.2 Å². The summed E-state index contributed by atoms with van der Waals surface area (Å²) in [7, 11) is 0. The van der Waals surface area contributed by atoms with Crippen LogP contribution < -0.4 is 5.32 Å². The standard InChI is InChI=1S/C13H28N2O2/c1-10(2)5-14-6-13(16)8-15-7-12(4)17-9-11(15)3/h10-14,16H,5-9H2,1-4H3. The van der Waals surface area contributed by atoms with E-state index in [1.54, 1.807) is 0 Å². The van der Waals surface area contributed by atoms with Gasteiger partial charge in [0.1, 0.15) is 0 Å². The number of β-amino-alcohol motifs (C(OH)–C–C–N with tert-alkyl or cyclic N) is 1. The quantitative estimate of drug-likeness (QED) is 0.722. The van der Waals surface area contributed by atoms with E-state index in [0.29, 0.717) is 18.5 Å². The van der Waals surface area contributed by atoms with E-state index < -0.39 is 0 Å². The van der Waals surface area contributed by atoms with E-state index in [2.05, 4.69) is 37.9 Å². The number of hydrogen-bond donors (Lipinski definition) is 2. The van der Waals surface area contributed by atoms with Gasteiger partial charge in [-0.3, -0.25) is 4.90 Å². The van der Waals surface area contributed by atoms with Gasteiger partial charge >= 0.3 is 0 Å².